The van der Waals surface area contributed by atoms with Crippen LogP contribution in [0.1, 0.15) is 46.4 Å². The maximum absolute atomic E-state index is 13.5. The Bertz CT molecular complexity index is 2720. The Morgan fingerprint density at radius 2 is 1.58 bits per heavy atom. The first-order valence-corrected chi connectivity index (χ1v) is 24.7. The van der Waals surface area contributed by atoms with Gasteiger partial charge in [-0.15, -0.1) is 0 Å². The highest BCUT2D eigenvalue weighted by Gasteiger charge is 2.45. The van der Waals surface area contributed by atoms with Crippen LogP contribution in [0.15, 0.2) is 77.7 Å². The minimum Gasteiger partial charge on any atom is -0.494 e. The number of anilines is 6. The molecule has 64 heavy (non-hydrogen) atoms. The lowest BCUT2D eigenvalue weighted by Crippen LogP contribution is -2.54. The van der Waals surface area contributed by atoms with Crippen LogP contribution in [0.5, 0.6) is 5.75 Å². The van der Waals surface area contributed by atoms with Gasteiger partial charge in [0.15, 0.2) is 0 Å². The summed E-state index contributed by atoms with van der Waals surface area (Å²) in [6, 6.07) is 16.4. The van der Waals surface area contributed by atoms with Gasteiger partial charge in [0.1, 0.15) is 24.8 Å². The summed E-state index contributed by atoms with van der Waals surface area (Å²) in [5.74, 6) is -0.517. The molecule has 6 heterocycles. The van der Waals surface area contributed by atoms with E-state index in [1.165, 1.54) is 0 Å². The number of aryl methyl sites for hydroxylation is 1. The van der Waals surface area contributed by atoms with Crippen molar-refractivity contribution in [3.05, 3.63) is 88.8 Å². The van der Waals surface area contributed by atoms with Crippen LogP contribution in [0.3, 0.4) is 0 Å². The molecule has 9 rings (SSSR count). The van der Waals surface area contributed by atoms with E-state index in [-0.39, 0.29) is 18.4 Å². The molecule has 0 aliphatic carbocycles. The van der Waals surface area contributed by atoms with Gasteiger partial charge in [0.05, 0.1) is 40.3 Å². The van der Waals surface area contributed by atoms with Crippen LogP contribution in [0.25, 0.3) is 11.1 Å². The molecule has 4 amide bonds. The van der Waals surface area contributed by atoms with Crippen LogP contribution in [-0.4, -0.2) is 125 Å². The average molecular weight is 951 g/mol. The third kappa shape index (κ3) is 8.49. The third-order valence-electron chi connectivity index (χ3n) is 12.5. The predicted octanol–water partition coefficient (Wildman–Crippen LogP) is 5.58. The number of para-hydroxylation sites is 1. The van der Waals surface area contributed by atoms with Crippen molar-refractivity contribution < 1.29 is 28.5 Å². The number of hydrogen-bond acceptors (Lipinski definition) is 14. The number of carbonyl (C=O) groups excluding carboxylic acids is 4. The molecule has 17 nitrogen and oxygen atoms in total. The normalized spacial score (nSPS) is 18.6. The number of halogens is 1. The minimum atomic E-state index is -2.57. The number of imide groups is 2. The SMILES string of the molecule is COc1cc(N2CCC(N3CCN(c4ccc5c(c4)C(=O)N(C4CCC(=O)NC4=O)C5=O)CC3)CC2)c(-c2cnn(C)c2)cc1Nc1ncc(Br)c(Nc2ccccc2P(C)(C)=O)n1. The van der Waals surface area contributed by atoms with E-state index in [0.717, 1.165) is 84.8 Å². The largest absolute Gasteiger partial charge is 0.494 e. The quantitative estimate of drug-likeness (QED) is 0.110. The monoisotopic (exact) mass is 949 g/mol. The topological polar surface area (TPSA) is 187 Å². The molecule has 19 heteroatoms. The summed E-state index contributed by atoms with van der Waals surface area (Å²) < 4.78 is 21.5. The van der Waals surface area contributed by atoms with Gasteiger partial charge in [-0.25, -0.2) is 4.98 Å². The van der Waals surface area contributed by atoms with E-state index in [1.807, 2.05) is 49.8 Å². The zero-order valence-electron chi connectivity index (χ0n) is 36.0. The number of amides is 4. The van der Waals surface area contributed by atoms with Crippen molar-refractivity contribution in [1.82, 2.24) is 34.9 Å². The highest BCUT2D eigenvalue weighted by Crippen LogP contribution is 2.43. The van der Waals surface area contributed by atoms with Gasteiger partial charge in [-0.2, -0.15) is 10.1 Å². The molecule has 0 radical (unpaired) electrons. The summed E-state index contributed by atoms with van der Waals surface area (Å²) in [6.45, 7) is 8.41. The molecule has 0 spiro atoms. The molecule has 3 N–H and O–H groups in total. The molecule has 4 aliphatic rings. The number of piperazine rings is 1. The number of methoxy groups -OCH3 is 1. The number of ether oxygens (including phenoxy) is 1. The van der Waals surface area contributed by atoms with Crippen molar-refractivity contribution in [1.29, 1.82) is 0 Å². The highest BCUT2D eigenvalue weighted by molar-refractivity contribution is 9.10. The van der Waals surface area contributed by atoms with Gasteiger partial charge in [0, 0.05) is 105 Å². The van der Waals surface area contributed by atoms with Crippen LogP contribution >= 0.6 is 23.1 Å². The van der Waals surface area contributed by atoms with Gasteiger partial charge in [0.25, 0.3) is 11.8 Å². The van der Waals surface area contributed by atoms with Crippen LogP contribution in [0, 0.1) is 0 Å². The molecule has 3 aromatic carbocycles. The van der Waals surface area contributed by atoms with Crippen LogP contribution in [-0.2, 0) is 21.2 Å². The van der Waals surface area contributed by atoms with Gasteiger partial charge >= 0.3 is 0 Å². The van der Waals surface area contributed by atoms with Crippen molar-refractivity contribution in [2.75, 3.05) is 80.1 Å². The van der Waals surface area contributed by atoms with Crippen molar-refractivity contribution in [3.63, 3.8) is 0 Å². The summed E-state index contributed by atoms with van der Waals surface area (Å²) in [7, 11) is 0.978. The molecule has 332 valence electrons. The first kappa shape index (κ1) is 43.2. The molecule has 5 aromatic rings. The first-order valence-electron chi connectivity index (χ1n) is 21.3. The summed E-state index contributed by atoms with van der Waals surface area (Å²) in [5.41, 5.74) is 5.83. The van der Waals surface area contributed by atoms with E-state index >= 15 is 0 Å². The second-order valence-electron chi connectivity index (χ2n) is 16.9. The third-order valence-corrected chi connectivity index (χ3v) is 14.6. The standard InChI is InChI=1S/C45H49BrN11O6P/c1-53-26-27(24-48-53)31-22-35(50-45-47-25-33(46)41(52-45)49-34-7-5-6-8-39(34)64(3,4)62)38(63-2)23-37(31)56-15-13-28(14-16-56)54-17-19-55(20-18-54)29-9-10-30-32(21-29)44(61)57(43(30)60)36-11-12-40(58)51-42(36)59/h5-10,21-26,28,36H,11-20H2,1-4H3,(H,51,58,59)(H2,47,49,50,52). The zero-order valence-corrected chi connectivity index (χ0v) is 38.5. The van der Waals surface area contributed by atoms with Gasteiger partial charge in [0.2, 0.25) is 17.8 Å². The van der Waals surface area contributed by atoms with Crippen LogP contribution < -0.4 is 35.8 Å². The Balaban J connectivity index is 0.871. The number of piperidine rings is 2. The minimum absolute atomic E-state index is 0.0808. The fourth-order valence-corrected chi connectivity index (χ4v) is 10.6. The fourth-order valence-electron chi connectivity index (χ4n) is 9.17. The lowest BCUT2D eigenvalue weighted by Gasteiger charge is -2.44. The van der Waals surface area contributed by atoms with Crippen molar-refractivity contribution in [2.24, 2.45) is 7.05 Å². The van der Waals surface area contributed by atoms with Crippen LogP contribution in [0.4, 0.5) is 34.5 Å². The summed E-state index contributed by atoms with van der Waals surface area (Å²) >= 11 is 3.58. The Morgan fingerprint density at radius 3 is 2.28 bits per heavy atom. The lowest BCUT2D eigenvalue weighted by atomic mass is 9.98. The Morgan fingerprint density at radius 1 is 0.828 bits per heavy atom. The predicted molar refractivity (Wildman–Crippen MR) is 249 cm³/mol. The molecule has 2 aromatic heterocycles. The second kappa shape index (κ2) is 17.5. The number of hydrogen-bond donors (Lipinski definition) is 3. The number of benzene rings is 3. The van der Waals surface area contributed by atoms with E-state index in [2.05, 4.69) is 68.8 Å². The number of rotatable bonds is 11. The lowest BCUT2D eigenvalue weighted by molar-refractivity contribution is -0.136. The average Bonchev–Trinajstić information content (AvgIpc) is 3.83. The maximum Gasteiger partial charge on any atom is 0.262 e. The molecule has 0 bridgehead atoms. The molecule has 3 fully saturated rings. The number of fused-ring (bicyclic) bond motifs is 1. The first-order chi connectivity index (χ1) is 30.7. The number of nitrogens with zero attached hydrogens (tertiary/aromatic N) is 8. The molecule has 4 aliphatic heterocycles. The molecular formula is C45H49BrN11O6P. The van der Waals surface area contributed by atoms with Gasteiger partial charge < -0.3 is 29.7 Å². The number of carbonyl (C=O) groups is 4. The molecule has 1 atom stereocenters. The zero-order chi connectivity index (χ0) is 44.9. The summed E-state index contributed by atoms with van der Waals surface area (Å²) in [5, 5.41) is 14.2. The van der Waals surface area contributed by atoms with E-state index in [0.29, 0.717) is 45.0 Å². The fraction of sp³-hybridized carbons (Fsp3) is 0.356. The Hall–Kier alpha value is -6.10. The van der Waals surface area contributed by atoms with Gasteiger partial charge in [-0.3, -0.25) is 39.0 Å². The molecule has 1 unspecified atom stereocenters. The second-order valence-corrected chi connectivity index (χ2v) is 20.9. The van der Waals surface area contributed by atoms with E-state index in [4.69, 9.17) is 9.72 Å². The Kier molecular flexibility index (Phi) is 11.8. The van der Waals surface area contributed by atoms with Gasteiger partial charge in [-0.1, -0.05) is 12.1 Å². The smallest absolute Gasteiger partial charge is 0.262 e. The van der Waals surface area contributed by atoms with E-state index < -0.39 is 36.8 Å². The van der Waals surface area contributed by atoms with Crippen molar-refractivity contribution in [3.8, 4) is 16.9 Å². The van der Waals surface area contributed by atoms with Crippen molar-refractivity contribution in [2.45, 2.75) is 37.8 Å². The molecule has 3 saturated heterocycles. The molecule has 0 saturated carbocycles. The van der Waals surface area contributed by atoms with Crippen LogP contribution in [0.2, 0.25) is 0 Å². The summed E-state index contributed by atoms with van der Waals surface area (Å²) in [4.78, 5) is 68.5. The van der Waals surface area contributed by atoms with E-state index in [1.54, 1.807) is 43.5 Å². The summed E-state index contributed by atoms with van der Waals surface area (Å²) in [6.07, 6.45) is 7.68. The van der Waals surface area contributed by atoms with E-state index in [9.17, 15) is 23.7 Å². The maximum atomic E-state index is 13.5. The Labute approximate surface area is 379 Å². The number of nitrogens with one attached hydrogen (secondary N) is 3. The molecular weight excluding hydrogens is 901 g/mol. The number of aromatic nitrogens is 4. The highest BCUT2D eigenvalue weighted by atomic mass is 79.9. The van der Waals surface area contributed by atoms with Crippen molar-refractivity contribution >= 4 is 86.5 Å². The van der Waals surface area contributed by atoms with Gasteiger partial charge in [-0.05, 0) is 84.9 Å².